The van der Waals surface area contributed by atoms with Crippen molar-refractivity contribution >= 4 is 5.96 Å². The molecule has 132 valence electrons. The molecule has 1 aliphatic rings. The molecule has 0 radical (unpaired) electrons. The van der Waals surface area contributed by atoms with Gasteiger partial charge in [-0.25, -0.2) is 0 Å². The summed E-state index contributed by atoms with van der Waals surface area (Å²) >= 11 is 0. The van der Waals surface area contributed by atoms with Gasteiger partial charge in [0.2, 0.25) is 0 Å². The lowest BCUT2D eigenvalue weighted by atomic mass is 10.0. The van der Waals surface area contributed by atoms with Crippen LogP contribution in [0.4, 0.5) is 0 Å². The molecule has 0 unspecified atom stereocenters. The Bertz CT molecular complexity index is 559. The third-order valence-corrected chi connectivity index (χ3v) is 4.47. The molecule has 24 heavy (non-hydrogen) atoms. The van der Waals surface area contributed by atoms with Crippen molar-refractivity contribution in [2.24, 2.45) is 4.99 Å². The topological polar surface area (TPSA) is 52.5 Å². The van der Waals surface area contributed by atoms with Gasteiger partial charge in [-0.05, 0) is 50.3 Å². The van der Waals surface area contributed by atoms with Gasteiger partial charge in [0.1, 0.15) is 0 Å². The fourth-order valence-electron chi connectivity index (χ4n) is 3.10. The molecule has 5 nitrogen and oxygen atoms in total. The third-order valence-electron chi connectivity index (χ3n) is 4.47. The predicted octanol–water partition coefficient (Wildman–Crippen LogP) is 2.14. The fourth-order valence-corrected chi connectivity index (χ4v) is 3.10. The molecule has 1 saturated heterocycles. The second-order valence-electron chi connectivity index (χ2n) is 6.70. The first-order valence-corrected chi connectivity index (χ1v) is 8.82. The summed E-state index contributed by atoms with van der Waals surface area (Å²) in [7, 11) is 1.84. The fraction of sp³-hybridized carbons (Fsp3) is 0.579. The minimum Gasteiger partial charge on any atom is -0.356 e. The van der Waals surface area contributed by atoms with E-state index in [4.69, 9.17) is 0 Å². The van der Waals surface area contributed by atoms with E-state index in [1.807, 2.05) is 19.4 Å². The summed E-state index contributed by atoms with van der Waals surface area (Å²) in [6.45, 7) is 12.3. The SMILES string of the molecule is C=C(C)CN1CCC(NC(=NC)NCCc2ccncc2C)CC1. The molecule has 2 N–H and O–H groups in total. The van der Waals surface area contributed by atoms with E-state index in [9.17, 15) is 0 Å². The van der Waals surface area contributed by atoms with Crippen molar-refractivity contribution in [1.82, 2.24) is 20.5 Å². The predicted molar refractivity (Wildman–Crippen MR) is 101 cm³/mol. The zero-order chi connectivity index (χ0) is 17.4. The Morgan fingerprint density at radius 3 is 2.79 bits per heavy atom. The Kier molecular flexibility index (Phi) is 7.25. The van der Waals surface area contributed by atoms with Crippen molar-refractivity contribution in [1.29, 1.82) is 0 Å². The first kappa shape index (κ1) is 18.5. The smallest absolute Gasteiger partial charge is 0.191 e. The van der Waals surface area contributed by atoms with Crippen LogP contribution in [0.15, 0.2) is 35.6 Å². The van der Waals surface area contributed by atoms with E-state index in [0.29, 0.717) is 6.04 Å². The lowest BCUT2D eigenvalue weighted by Gasteiger charge is -2.33. The van der Waals surface area contributed by atoms with Gasteiger partial charge < -0.3 is 10.6 Å². The number of nitrogens with one attached hydrogen (secondary N) is 2. The maximum atomic E-state index is 4.36. The Labute approximate surface area is 146 Å². The summed E-state index contributed by atoms with van der Waals surface area (Å²) < 4.78 is 0. The number of rotatable bonds is 6. The summed E-state index contributed by atoms with van der Waals surface area (Å²) in [6, 6.07) is 2.59. The summed E-state index contributed by atoms with van der Waals surface area (Å²) in [5.74, 6) is 0.903. The molecular weight excluding hydrogens is 298 g/mol. The molecule has 5 heteroatoms. The van der Waals surface area contributed by atoms with Crippen LogP contribution < -0.4 is 10.6 Å². The zero-order valence-corrected chi connectivity index (χ0v) is 15.3. The quantitative estimate of drug-likeness (QED) is 0.477. The van der Waals surface area contributed by atoms with Crippen molar-refractivity contribution in [3.05, 3.63) is 41.7 Å². The standard InChI is InChI=1S/C19H31N5/c1-15(2)14-24-11-7-18(8-12-24)23-19(20-4)22-10-6-17-5-9-21-13-16(17)3/h5,9,13,18H,1,6-8,10-12,14H2,2-4H3,(H2,20,22,23). The number of aryl methyl sites for hydroxylation is 1. The molecule has 0 spiro atoms. The highest BCUT2D eigenvalue weighted by atomic mass is 15.2. The van der Waals surface area contributed by atoms with E-state index >= 15 is 0 Å². The van der Waals surface area contributed by atoms with Gasteiger partial charge in [-0.3, -0.25) is 14.9 Å². The molecule has 0 saturated carbocycles. The number of hydrogen-bond acceptors (Lipinski definition) is 3. The normalized spacial score (nSPS) is 16.9. The second-order valence-corrected chi connectivity index (χ2v) is 6.70. The first-order valence-electron chi connectivity index (χ1n) is 8.82. The largest absolute Gasteiger partial charge is 0.356 e. The van der Waals surface area contributed by atoms with Gasteiger partial charge in [0.15, 0.2) is 5.96 Å². The molecule has 1 aromatic heterocycles. The first-order chi connectivity index (χ1) is 11.6. The van der Waals surface area contributed by atoms with E-state index in [-0.39, 0.29) is 0 Å². The van der Waals surface area contributed by atoms with Gasteiger partial charge in [0.05, 0.1) is 0 Å². The molecular formula is C19H31N5. The molecule has 2 rings (SSSR count). The van der Waals surface area contributed by atoms with Crippen LogP contribution in [0.25, 0.3) is 0 Å². The highest BCUT2D eigenvalue weighted by Gasteiger charge is 2.19. The van der Waals surface area contributed by atoms with Crippen molar-refractivity contribution < 1.29 is 0 Å². The maximum absolute atomic E-state index is 4.36. The summed E-state index contributed by atoms with van der Waals surface area (Å²) in [4.78, 5) is 11.0. The number of nitrogens with zero attached hydrogens (tertiary/aromatic N) is 3. The number of likely N-dealkylation sites (tertiary alicyclic amines) is 1. The minimum atomic E-state index is 0.500. The molecule has 1 fully saturated rings. The van der Waals surface area contributed by atoms with E-state index in [1.165, 1.54) is 16.7 Å². The average molecular weight is 329 g/mol. The van der Waals surface area contributed by atoms with Gasteiger partial charge in [-0.15, -0.1) is 0 Å². The second kappa shape index (κ2) is 9.42. The number of aliphatic imine (C=N–C) groups is 1. The number of piperidine rings is 1. The van der Waals surface area contributed by atoms with Gasteiger partial charge >= 0.3 is 0 Å². The van der Waals surface area contributed by atoms with E-state index < -0.39 is 0 Å². The average Bonchev–Trinajstić information content (AvgIpc) is 2.57. The van der Waals surface area contributed by atoms with Crippen LogP contribution in [0.5, 0.6) is 0 Å². The molecule has 0 atom stereocenters. The molecule has 0 amide bonds. The highest BCUT2D eigenvalue weighted by molar-refractivity contribution is 5.79. The number of pyridine rings is 1. The molecule has 0 aliphatic carbocycles. The third kappa shape index (κ3) is 5.96. The molecule has 0 aromatic carbocycles. The molecule has 1 aromatic rings. The van der Waals surface area contributed by atoms with Crippen molar-refractivity contribution in [3.8, 4) is 0 Å². The molecule has 2 heterocycles. The van der Waals surface area contributed by atoms with Crippen LogP contribution in [0.3, 0.4) is 0 Å². The van der Waals surface area contributed by atoms with Crippen LogP contribution in [-0.2, 0) is 6.42 Å². The Balaban J connectivity index is 1.71. The summed E-state index contributed by atoms with van der Waals surface area (Å²) in [5, 5.41) is 6.98. The van der Waals surface area contributed by atoms with Gasteiger partial charge in [-0.1, -0.05) is 12.2 Å². The highest BCUT2D eigenvalue weighted by Crippen LogP contribution is 2.11. The van der Waals surface area contributed by atoms with E-state index in [2.05, 4.69) is 52.0 Å². The molecule has 0 bridgehead atoms. The monoisotopic (exact) mass is 329 g/mol. The van der Waals surface area contributed by atoms with Crippen LogP contribution in [0, 0.1) is 6.92 Å². The lowest BCUT2D eigenvalue weighted by molar-refractivity contribution is 0.221. The summed E-state index contributed by atoms with van der Waals surface area (Å²) in [5.41, 5.74) is 3.82. The maximum Gasteiger partial charge on any atom is 0.191 e. The van der Waals surface area contributed by atoms with Gasteiger partial charge in [0, 0.05) is 51.7 Å². The van der Waals surface area contributed by atoms with Crippen LogP contribution >= 0.6 is 0 Å². The Morgan fingerprint density at radius 1 is 1.42 bits per heavy atom. The van der Waals surface area contributed by atoms with Crippen molar-refractivity contribution in [2.45, 2.75) is 39.2 Å². The Morgan fingerprint density at radius 2 is 2.17 bits per heavy atom. The summed E-state index contributed by atoms with van der Waals surface area (Å²) in [6.07, 6.45) is 7.05. The van der Waals surface area contributed by atoms with Gasteiger partial charge in [-0.2, -0.15) is 0 Å². The van der Waals surface area contributed by atoms with Crippen molar-refractivity contribution in [3.63, 3.8) is 0 Å². The van der Waals surface area contributed by atoms with E-state index in [1.54, 1.807) is 0 Å². The number of aromatic nitrogens is 1. The molecule has 1 aliphatic heterocycles. The lowest BCUT2D eigenvalue weighted by Crippen LogP contribution is -2.49. The zero-order valence-electron chi connectivity index (χ0n) is 15.3. The van der Waals surface area contributed by atoms with E-state index in [0.717, 1.165) is 51.4 Å². The van der Waals surface area contributed by atoms with Gasteiger partial charge in [0.25, 0.3) is 0 Å². The van der Waals surface area contributed by atoms with Crippen LogP contribution in [-0.4, -0.2) is 55.1 Å². The number of guanidine groups is 1. The van der Waals surface area contributed by atoms with Crippen LogP contribution in [0.2, 0.25) is 0 Å². The van der Waals surface area contributed by atoms with Crippen molar-refractivity contribution in [2.75, 3.05) is 33.2 Å². The van der Waals surface area contributed by atoms with Crippen LogP contribution in [0.1, 0.15) is 30.9 Å². The Hall–Kier alpha value is -1.88. The minimum absolute atomic E-state index is 0.500. The number of hydrogen-bond donors (Lipinski definition) is 2.